The van der Waals surface area contributed by atoms with E-state index in [9.17, 15) is 19.8 Å². The van der Waals surface area contributed by atoms with Crippen molar-refractivity contribution in [2.75, 3.05) is 6.61 Å². The second-order valence-corrected chi connectivity index (χ2v) is 19.0. The Labute approximate surface area is 403 Å². The van der Waals surface area contributed by atoms with E-state index in [1.54, 1.807) is 0 Å². The Bertz CT molecular complexity index is 1160. The second-order valence-electron chi connectivity index (χ2n) is 19.0. The van der Waals surface area contributed by atoms with Crippen molar-refractivity contribution in [1.82, 2.24) is 5.32 Å². The average molecular weight is 911 g/mol. The third kappa shape index (κ3) is 47.8. The number of carbonyl (C=O) groups is 2. The Hall–Kier alpha value is -2.44. The highest BCUT2D eigenvalue weighted by molar-refractivity contribution is 5.77. The molecular formula is C59H107NO5. The fourth-order valence-electron chi connectivity index (χ4n) is 8.40. The third-order valence-corrected chi connectivity index (χ3v) is 12.6. The first-order valence-corrected chi connectivity index (χ1v) is 28.0. The minimum atomic E-state index is -0.795. The highest BCUT2D eigenvalue weighted by Gasteiger charge is 2.24. The highest BCUT2D eigenvalue weighted by Crippen LogP contribution is 2.18. The quantitative estimate of drug-likeness (QED) is 0.0245. The molecule has 0 saturated heterocycles. The van der Waals surface area contributed by atoms with E-state index in [0.29, 0.717) is 19.3 Å². The van der Waals surface area contributed by atoms with Gasteiger partial charge in [-0.05, 0) is 77.0 Å². The maximum atomic E-state index is 13.2. The van der Waals surface area contributed by atoms with E-state index in [4.69, 9.17) is 4.74 Å². The summed E-state index contributed by atoms with van der Waals surface area (Å²) in [5.74, 6) is -0.493. The van der Waals surface area contributed by atoms with Crippen molar-refractivity contribution in [2.45, 2.75) is 296 Å². The Morgan fingerprint density at radius 1 is 0.477 bits per heavy atom. The van der Waals surface area contributed by atoms with Crippen LogP contribution in [0.25, 0.3) is 0 Å². The maximum Gasteiger partial charge on any atom is 0.306 e. The van der Waals surface area contributed by atoms with E-state index < -0.39 is 18.2 Å². The fraction of sp³-hybridized carbons (Fsp3) is 0.797. The predicted molar refractivity (Wildman–Crippen MR) is 282 cm³/mol. The molecule has 0 heterocycles. The molecule has 378 valence electrons. The fourth-order valence-corrected chi connectivity index (χ4v) is 8.40. The molecule has 0 spiro atoms. The van der Waals surface area contributed by atoms with E-state index >= 15 is 0 Å². The van der Waals surface area contributed by atoms with E-state index in [0.717, 1.165) is 89.9 Å². The van der Waals surface area contributed by atoms with Gasteiger partial charge in [0.1, 0.15) is 6.10 Å². The molecule has 6 nitrogen and oxygen atoms in total. The van der Waals surface area contributed by atoms with Gasteiger partial charge in [-0.1, -0.05) is 248 Å². The topological polar surface area (TPSA) is 95.9 Å². The number of ether oxygens (including phenoxy) is 1. The minimum Gasteiger partial charge on any atom is -0.462 e. The zero-order chi connectivity index (χ0) is 47.4. The number of nitrogens with one attached hydrogen (secondary N) is 1. The normalized spacial score (nSPS) is 13.6. The number of aliphatic hydroxyl groups excluding tert-OH is 2. The lowest BCUT2D eigenvalue weighted by atomic mass is 10.0. The molecule has 3 atom stereocenters. The largest absolute Gasteiger partial charge is 0.462 e. The van der Waals surface area contributed by atoms with E-state index in [2.05, 4.69) is 86.8 Å². The summed E-state index contributed by atoms with van der Waals surface area (Å²) >= 11 is 0. The van der Waals surface area contributed by atoms with Crippen LogP contribution in [0, 0.1) is 0 Å². The number of hydrogen-bond donors (Lipinski definition) is 3. The number of unbranched alkanes of at least 4 members (excludes halogenated alkanes) is 30. The number of carbonyl (C=O) groups excluding carboxylic acids is 2. The smallest absolute Gasteiger partial charge is 0.306 e. The minimum absolute atomic E-state index is 0.0619. The second kappa shape index (κ2) is 52.5. The highest BCUT2D eigenvalue weighted by atomic mass is 16.5. The Morgan fingerprint density at radius 2 is 0.892 bits per heavy atom. The molecule has 0 aromatic heterocycles. The summed E-state index contributed by atoms with van der Waals surface area (Å²) in [6.45, 7) is 6.34. The number of aliphatic hydroxyl groups is 2. The van der Waals surface area contributed by atoms with Gasteiger partial charge in [0.15, 0.2) is 0 Å². The molecule has 3 unspecified atom stereocenters. The molecule has 0 aromatic carbocycles. The number of esters is 1. The van der Waals surface area contributed by atoms with Crippen LogP contribution in [0.1, 0.15) is 278 Å². The van der Waals surface area contributed by atoms with Gasteiger partial charge >= 0.3 is 5.97 Å². The van der Waals surface area contributed by atoms with Crippen molar-refractivity contribution < 1.29 is 24.5 Å². The maximum absolute atomic E-state index is 13.2. The van der Waals surface area contributed by atoms with Gasteiger partial charge in [0, 0.05) is 6.42 Å². The van der Waals surface area contributed by atoms with Crippen LogP contribution in [0.4, 0.5) is 0 Å². The molecule has 0 fully saturated rings. The standard InChI is InChI=1S/C59H107NO5/c1-4-7-10-13-16-19-22-25-27-28-29-30-31-34-37-40-43-46-49-52-59(64)65-55(50-47-44-41-38-35-32-24-21-18-15-12-9-6-3)53-58(63)60-56(54-61)57(62)51-48-45-42-39-36-33-26-23-20-17-14-11-8-5-2/h9,12,15-16,18-19,21,24-25,27,55-57,61-62H,4-8,10-11,13-14,17,20,22-23,26,28-54H2,1-3H3,(H,60,63)/b12-9+,18-15+,19-16-,24-21+,27-25-. The average Bonchev–Trinajstić information content (AvgIpc) is 3.30. The van der Waals surface area contributed by atoms with Crippen molar-refractivity contribution in [3.05, 3.63) is 60.8 Å². The van der Waals surface area contributed by atoms with E-state index in [1.807, 2.05) is 0 Å². The van der Waals surface area contributed by atoms with Gasteiger partial charge in [0.25, 0.3) is 0 Å². The van der Waals surface area contributed by atoms with Crippen LogP contribution in [0.15, 0.2) is 60.8 Å². The molecule has 0 saturated carbocycles. The lowest BCUT2D eigenvalue weighted by molar-refractivity contribution is -0.151. The molecule has 1 amide bonds. The summed E-state index contributed by atoms with van der Waals surface area (Å²) < 4.78 is 5.94. The molecular weight excluding hydrogens is 803 g/mol. The summed E-state index contributed by atoms with van der Waals surface area (Å²) in [6.07, 6.45) is 65.7. The van der Waals surface area contributed by atoms with Crippen LogP contribution in [-0.4, -0.2) is 46.9 Å². The van der Waals surface area contributed by atoms with Gasteiger partial charge in [-0.2, -0.15) is 0 Å². The lowest BCUT2D eigenvalue weighted by Crippen LogP contribution is -2.46. The third-order valence-electron chi connectivity index (χ3n) is 12.6. The van der Waals surface area contributed by atoms with Crippen molar-refractivity contribution >= 4 is 11.9 Å². The van der Waals surface area contributed by atoms with E-state index in [-0.39, 0.29) is 24.9 Å². The summed E-state index contributed by atoms with van der Waals surface area (Å²) in [5, 5.41) is 23.8. The summed E-state index contributed by atoms with van der Waals surface area (Å²) in [6, 6.07) is -0.710. The predicted octanol–water partition coefficient (Wildman–Crippen LogP) is 17.2. The first kappa shape index (κ1) is 62.6. The molecule has 0 rings (SSSR count). The van der Waals surface area contributed by atoms with Crippen LogP contribution < -0.4 is 5.32 Å². The van der Waals surface area contributed by atoms with Crippen molar-refractivity contribution in [1.29, 1.82) is 0 Å². The number of rotatable bonds is 50. The first-order valence-electron chi connectivity index (χ1n) is 28.0. The Balaban J connectivity index is 4.54. The molecule has 0 radical (unpaired) electrons. The molecule has 6 heteroatoms. The van der Waals surface area contributed by atoms with Crippen LogP contribution >= 0.6 is 0 Å². The summed E-state index contributed by atoms with van der Waals surface area (Å²) in [5.41, 5.74) is 0. The zero-order valence-corrected chi connectivity index (χ0v) is 43.1. The first-order chi connectivity index (χ1) is 32.0. The molecule has 65 heavy (non-hydrogen) atoms. The SMILES string of the molecule is CC/C=C/C=C/C=C/CCCCCCCC(CC(=O)NC(CO)C(O)CCCCCCCCCCCCCCCC)OC(=O)CCCCCCCCCCC/C=C\C/C=C\CCCCC. The van der Waals surface area contributed by atoms with Gasteiger partial charge in [0.2, 0.25) is 5.91 Å². The van der Waals surface area contributed by atoms with Crippen molar-refractivity contribution in [3.8, 4) is 0 Å². The molecule has 0 aromatic rings. The number of allylic oxidation sites excluding steroid dienone is 10. The molecule has 0 bridgehead atoms. The van der Waals surface area contributed by atoms with Gasteiger partial charge in [-0.25, -0.2) is 0 Å². The van der Waals surface area contributed by atoms with Gasteiger partial charge < -0.3 is 20.3 Å². The van der Waals surface area contributed by atoms with Gasteiger partial charge in [-0.3, -0.25) is 9.59 Å². The molecule has 0 aliphatic heterocycles. The molecule has 0 aliphatic carbocycles. The monoisotopic (exact) mass is 910 g/mol. The molecule has 3 N–H and O–H groups in total. The van der Waals surface area contributed by atoms with Crippen molar-refractivity contribution in [2.24, 2.45) is 0 Å². The number of amides is 1. The van der Waals surface area contributed by atoms with Gasteiger partial charge in [-0.15, -0.1) is 0 Å². The number of hydrogen-bond acceptors (Lipinski definition) is 5. The lowest BCUT2D eigenvalue weighted by Gasteiger charge is -2.24. The van der Waals surface area contributed by atoms with Crippen LogP contribution in [-0.2, 0) is 14.3 Å². The summed E-state index contributed by atoms with van der Waals surface area (Å²) in [4.78, 5) is 26.2. The van der Waals surface area contributed by atoms with Crippen LogP contribution in [0.2, 0.25) is 0 Å². The Kier molecular flexibility index (Phi) is 50.6. The van der Waals surface area contributed by atoms with Crippen molar-refractivity contribution in [3.63, 3.8) is 0 Å². The zero-order valence-electron chi connectivity index (χ0n) is 43.1. The Morgan fingerprint density at radius 3 is 1.40 bits per heavy atom. The van der Waals surface area contributed by atoms with Crippen LogP contribution in [0.5, 0.6) is 0 Å². The molecule has 0 aliphatic rings. The summed E-state index contributed by atoms with van der Waals surface area (Å²) in [7, 11) is 0. The van der Waals surface area contributed by atoms with Crippen LogP contribution in [0.3, 0.4) is 0 Å². The van der Waals surface area contributed by atoms with E-state index in [1.165, 1.54) is 141 Å². The van der Waals surface area contributed by atoms with Gasteiger partial charge in [0.05, 0.1) is 25.2 Å².